The molecule has 8 atom stereocenters. The highest BCUT2D eigenvalue weighted by atomic mass is 15.2. The number of nitrogens with zero attached hydrogens (tertiary/aromatic N) is 2. The molecule has 258 valence electrons. The van der Waals surface area contributed by atoms with E-state index in [1.807, 2.05) is 0 Å². The van der Waals surface area contributed by atoms with E-state index in [1.54, 1.807) is 33.7 Å². The molecule has 1 N–H and O–H groups in total. The normalized spacial score (nSPS) is 37.3. The van der Waals surface area contributed by atoms with Gasteiger partial charge in [0.05, 0.1) is 12.1 Å². The molecule has 10 aliphatic rings. The average Bonchev–Trinajstić information content (AvgIpc) is 3.71. The first-order chi connectivity index (χ1) is 24.8. The molecule has 7 aliphatic carbocycles. The predicted octanol–water partition coefficient (Wildman–Crippen LogP) is 10.4. The zero-order chi connectivity index (χ0) is 33.0. The van der Waals surface area contributed by atoms with Crippen LogP contribution in [0.1, 0.15) is 96.3 Å². The summed E-state index contributed by atoms with van der Waals surface area (Å²) in [5.41, 5.74) is 12.9. The summed E-state index contributed by atoms with van der Waals surface area (Å²) in [6, 6.07) is 2.28. The van der Waals surface area contributed by atoms with Crippen molar-refractivity contribution in [1.29, 1.82) is 0 Å². The van der Waals surface area contributed by atoms with Crippen molar-refractivity contribution in [3.8, 4) is 0 Å². The van der Waals surface area contributed by atoms with Crippen LogP contribution in [0.3, 0.4) is 0 Å². The van der Waals surface area contributed by atoms with Crippen molar-refractivity contribution in [2.75, 3.05) is 0 Å². The number of hydrogen-bond donors (Lipinski definition) is 1. The molecule has 8 unspecified atom stereocenters. The molecular weight excluding hydrogens is 607 g/mol. The van der Waals surface area contributed by atoms with Crippen LogP contribution in [0.4, 0.5) is 0 Å². The maximum absolute atomic E-state index is 4.16. The van der Waals surface area contributed by atoms with Gasteiger partial charge in [0.15, 0.2) is 0 Å². The van der Waals surface area contributed by atoms with Crippen molar-refractivity contribution in [3.63, 3.8) is 0 Å². The minimum Gasteiger partial charge on any atom is -0.364 e. The first kappa shape index (κ1) is 31.2. The summed E-state index contributed by atoms with van der Waals surface area (Å²) in [7, 11) is 0. The molecular formula is C47H55N3. The van der Waals surface area contributed by atoms with Gasteiger partial charge in [0.2, 0.25) is 0 Å². The van der Waals surface area contributed by atoms with Crippen molar-refractivity contribution < 1.29 is 0 Å². The molecule has 3 heterocycles. The number of nitrogens with one attached hydrogen (secondary N) is 1. The van der Waals surface area contributed by atoms with Gasteiger partial charge < -0.3 is 15.1 Å². The summed E-state index contributed by atoms with van der Waals surface area (Å²) in [4.78, 5) is 5.89. The molecule has 0 spiro atoms. The highest BCUT2D eigenvalue weighted by Gasteiger charge is 2.46. The number of allylic oxidation sites excluding steroid dienone is 12. The minimum atomic E-state index is 0.276. The second-order valence-electron chi connectivity index (χ2n) is 16.6. The van der Waals surface area contributed by atoms with E-state index < -0.39 is 0 Å². The van der Waals surface area contributed by atoms with Gasteiger partial charge in [-0.15, -0.1) is 0 Å². The van der Waals surface area contributed by atoms with E-state index in [0.717, 1.165) is 25.7 Å². The third kappa shape index (κ3) is 5.42. The van der Waals surface area contributed by atoms with Crippen LogP contribution in [0.25, 0.3) is 0 Å². The highest BCUT2D eigenvalue weighted by molar-refractivity contribution is 5.51. The average molecular weight is 662 g/mol. The van der Waals surface area contributed by atoms with E-state index in [2.05, 4.69) is 112 Å². The minimum absolute atomic E-state index is 0.276. The first-order valence-corrected chi connectivity index (χ1v) is 20.4. The van der Waals surface area contributed by atoms with Crippen LogP contribution in [0.2, 0.25) is 0 Å². The monoisotopic (exact) mass is 661 g/mol. The standard InChI is InChI=1S/C47H55N3/c1-3-15-32(16-4-1)42-29-35(30-43(48-42)33-17-5-2-6-18-33)34-27-36(49-44-23-11-7-19-38(44)39-20-8-12-24-45(39)49)31-37(28-34)50-46-25-13-9-21-40(46)41-22-10-14-26-47(41)50/h1,3-5,7-9,15,17-21,28,30-32,36,38,40,42-44,46,48H,2,6,10-14,16,22-27,29H2. The molecule has 0 saturated carbocycles. The van der Waals surface area contributed by atoms with Crippen LogP contribution < -0.4 is 5.32 Å². The number of fused-ring (bicyclic) bond motifs is 4. The fourth-order valence-corrected chi connectivity index (χ4v) is 11.5. The molecule has 0 saturated heterocycles. The zero-order valence-corrected chi connectivity index (χ0v) is 29.9. The lowest BCUT2D eigenvalue weighted by Gasteiger charge is -2.44. The van der Waals surface area contributed by atoms with Crippen LogP contribution in [-0.4, -0.2) is 40.0 Å². The van der Waals surface area contributed by atoms with E-state index in [4.69, 9.17) is 0 Å². The fourth-order valence-electron chi connectivity index (χ4n) is 11.5. The van der Waals surface area contributed by atoms with Crippen molar-refractivity contribution in [2.24, 2.45) is 17.8 Å². The van der Waals surface area contributed by atoms with E-state index in [1.165, 1.54) is 81.9 Å². The van der Waals surface area contributed by atoms with Gasteiger partial charge >= 0.3 is 0 Å². The molecule has 50 heavy (non-hydrogen) atoms. The lowest BCUT2D eigenvalue weighted by atomic mass is 9.79. The van der Waals surface area contributed by atoms with Crippen LogP contribution in [0, 0.1) is 17.8 Å². The summed E-state index contributed by atoms with van der Waals surface area (Å²) in [5, 5.41) is 4.16. The van der Waals surface area contributed by atoms with Crippen LogP contribution >= 0.6 is 0 Å². The molecule has 0 aromatic carbocycles. The number of rotatable bonds is 5. The Morgan fingerprint density at radius 2 is 1.56 bits per heavy atom. The molecule has 10 rings (SSSR count). The molecule has 3 nitrogen and oxygen atoms in total. The van der Waals surface area contributed by atoms with Gasteiger partial charge in [-0.05, 0) is 142 Å². The van der Waals surface area contributed by atoms with Crippen molar-refractivity contribution >= 4 is 0 Å². The summed E-state index contributed by atoms with van der Waals surface area (Å²) in [6.45, 7) is 0. The Balaban J connectivity index is 1.08. The Morgan fingerprint density at radius 1 is 0.680 bits per heavy atom. The summed E-state index contributed by atoms with van der Waals surface area (Å²) in [5.74, 6) is 1.70. The summed E-state index contributed by atoms with van der Waals surface area (Å²) >= 11 is 0. The Labute approximate surface area is 300 Å². The molecule has 0 fully saturated rings. The van der Waals surface area contributed by atoms with Gasteiger partial charge in [-0.25, -0.2) is 0 Å². The van der Waals surface area contributed by atoms with Gasteiger partial charge in [0.25, 0.3) is 0 Å². The van der Waals surface area contributed by atoms with E-state index >= 15 is 0 Å². The molecule has 0 aromatic rings. The van der Waals surface area contributed by atoms with Gasteiger partial charge in [0.1, 0.15) is 0 Å². The van der Waals surface area contributed by atoms with E-state index in [9.17, 15) is 0 Å². The zero-order valence-electron chi connectivity index (χ0n) is 29.9. The van der Waals surface area contributed by atoms with Crippen LogP contribution in [0.5, 0.6) is 0 Å². The topological polar surface area (TPSA) is 18.5 Å². The fraction of sp³-hybridized carbons (Fsp3) is 0.489. The molecule has 0 aromatic heterocycles. The molecule has 3 aliphatic heterocycles. The van der Waals surface area contributed by atoms with Crippen molar-refractivity contribution in [3.05, 3.63) is 142 Å². The Kier molecular flexibility index (Phi) is 8.24. The van der Waals surface area contributed by atoms with E-state index in [-0.39, 0.29) is 6.04 Å². The Hall–Kier alpha value is -3.56. The Morgan fingerprint density at radius 3 is 2.44 bits per heavy atom. The predicted molar refractivity (Wildman–Crippen MR) is 207 cm³/mol. The SMILES string of the molecule is C1=CCC(C2CC(C3=CC(N4C5=C(CCCC5)C5C=CCCC54)=CC(N4C5=C(C=CCC5)C5C=CCCC54)C3)=CC(C3=CCCC=C3)N2)C=C1. The third-order valence-corrected chi connectivity index (χ3v) is 13.8. The quantitative estimate of drug-likeness (QED) is 0.296. The van der Waals surface area contributed by atoms with Gasteiger partial charge in [0, 0.05) is 47.1 Å². The first-order valence-electron chi connectivity index (χ1n) is 20.4. The number of hydrogen-bond acceptors (Lipinski definition) is 3. The van der Waals surface area contributed by atoms with Gasteiger partial charge in [-0.1, -0.05) is 85.1 Å². The largest absolute Gasteiger partial charge is 0.364 e. The van der Waals surface area contributed by atoms with Gasteiger partial charge in [-0.3, -0.25) is 0 Å². The van der Waals surface area contributed by atoms with Crippen molar-refractivity contribution in [1.82, 2.24) is 15.1 Å². The smallest absolute Gasteiger partial charge is 0.0537 e. The molecule has 3 heteroatoms. The lowest BCUT2D eigenvalue weighted by Crippen LogP contribution is -2.47. The maximum Gasteiger partial charge on any atom is 0.0537 e. The second kappa shape index (κ2) is 13.2. The summed E-state index contributed by atoms with van der Waals surface area (Å²) < 4.78 is 0. The lowest BCUT2D eigenvalue weighted by molar-refractivity contribution is 0.190. The van der Waals surface area contributed by atoms with Crippen LogP contribution in [-0.2, 0) is 0 Å². The molecule has 0 radical (unpaired) electrons. The van der Waals surface area contributed by atoms with Gasteiger partial charge in [-0.2, -0.15) is 0 Å². The second-order valence-corrected chi connectivity index (χ2v) is 16.6. The molecule has 0 amide bonds. The Bertz CT molecular complexity index is 1780. The van der Waals surface area contributed by atoms with Crippen LogP contribution in [0.15, 0.2) is 142 Å². The summed E-state index contributed by atoms with van der Waals surface area (Å²) in [6.07, 6.45) is 58.1. The van der Waals surface area contributed by atoms with E-state index in [0.29, 0.717) is 41.9 Å². The highest BCUT2D eigenvalue weighted by Crippen LogP contribution is 2.51. The van der Waals surface area contributed by atoms with Crippen molar-refractivity contribution in [2.45, 2.75) is 127 Å². The third-order valence-electron chi connectivity index (χ3n) is 13.8. The molecule has 0 bridgehead atoms. The maximum atomic E-state index is 4.16.